The molecule has 1 N–H and O–H groups in total. The molecule has 1 aromatic carbocycles. The van der Waals surface area contributed by atoms with Crippen molar-refractivity contribution in [3.63, 3.8) is 0 Å². The summed E-state index contributed by atoms with van der Waals surface area (Å²) < 4.78 is 0.667. The van der Waals surface area contributed by atoms with Crippen LogP contribution in [0.15, 0.2) is 47.1 Å². The molecule has 0 aliphatic rings. The summed E-state index contributed by atoms with van der Waals surface area (Å²) in [7, 11) is 0. The molecule has 92 valence electrons. The highest BCUT2D eigenvalue weighted by atomic mass is 79.9. The predicted octanol–water partition coefficient (Wildman–Crippen LogP) is 3.84. The first kappa shape index (κ1) is 13.1. The monoisotopic (exact) mass is 324 g/mol. The number of pyridine rings is 1. The van der Waals surface area contributed by atoms with Crippen LogP contribution >= 0.6 is 27.5 Å². The maximum absolute atomic E-state index is 12.0. The lowest BCUT2D eigenvalue weighted by Crippen LogP contribution is -2.14. The van der Waals surface area contributed by atoms with E-state index < -0.39 is 0 Å². The van der Waals surface area contributed by atoms with Crippen LogP contribution in [0, 0.1) is 0 Å². The molecule has 5 heteroatoms. The topological polar surface area (TPSA) is 42.0 Å². The molecule has 1 amide bonds. The number of carbonyl (C=O) groups is 1. The Kier molecular flexibility index (Phi) is 4.33. The van der Waals surface area contributed by atoms with Crippen LogP contribution in [0.25, 0.3) is 0 Å². The van der Waals surface area contributed by atoms with E-state index in [9.17, 15) is 4.79 Å². The van der Waals surface area contributed by atoms with Crippen molar-refractivity contribution in [1.82, 2.24) is 4.98 Å². The first-order valence-electron chi connectivity index (χ1n) is 5.27. The van der Waals surface area contributed by atoms with Crippen molar-refractivity contribution in [2.24, 2.45) is 0 Å². The number of rotatable bonds is 3. The van der Waals surface area contributed by atoms with Gasteiger partial charge in [-0.1, -0.05) is 12.1 Å². The van der Waals surface area contributed by atoms with Crippen molar-refractivity contribution in [2.75, 3.05) is 5.32 Å². The molecule has 1 heterocycles. The Morgan fingerprint density at radius 2 is 2.00 bits per heavy atom. The molecule has 3 nitrogen and oxygen atoms in total. The van der Waals surface area contributed by atoms with Gasteiger partial charge in [0.1, 0.15) is 5.69 Å². The van der Waals surface area contributed by atoms with Gasteiger partial charge >= 0.3 is 0 Å². The molecule has 0 unspecified atom stereocenters. The first-order valence-corrected chi connectivity index (χ1v) is 6.60. The van der Waals surface area contributed by atoms with Gasteiger partial charge < -0.3 is 5.32 Å². The Bertz CT molecular complexity index is 557. The van der Waals surface area contributed by atoms with E-state index in [4.69, 9.17) is 11.6 Å². The second kappa shape index (κ2) is 5.98. The molecular formula is C13H10BrClN2O. The van der Waals surface area contributed by atoms with Crippen molar-refractivity contribution >= 4 is 39.1 Å². The van der Waals surface area contributed by atoms with Crippen molar-refractivity contribution in [3.8, 4) is 0 Å². The number of hydrogen-bond acceptors (Lipinski definition) is 2. The number of nitrogens with one attached hydrogen (secondary N) is 1. The molecule has 0 saturated carbocycles. The number of benzene rings is 1. The zero-order chi connectivity index (χ0) is 13.0. The molecule has 0 spiro atoms. The van der Waals surface area contributed by atoms with E-state index in [1.54, 1.807) is 18.3 Å². The summed E-state index contributed by atoms with van der Waals surface area (Å²) in [5.41, 5.74) is 2.08. The smallest absolute Gasteiger partial charge is 0.275 e. The minimum Gasteiger partial charge on any atom is -0.321 e. The fourth-order valence-electron chi connectivity index (χ4n) is 1.42. The van der Waals surface area contributed by atoms with Crippen LogP contribution in [0.4, 0.5) is 5.69 Å². The molecule has 0 bridgehead atoms. The maximum Gasteiger partial charge on any atom is 0.275 e. The molecule has 1 aromatic heterocycles. The fraction of sp³-hybridized carbons (Fsp3) is 0.0769. The molecule has 18 heavy (non-hydrogen) atoms. The molecule has 0 atom stereocenters. The minimum atomic E-state index is -0.249. The van der Waals surface area contributed by atoms with Gasteiger partial charge in [0.15, 0.2) is 0 Å². The molecule has 0 saturated heterocycles. The molecule has 0 radical (unpaired) electrons. The second-order valence-corrected chi connectivity index (χ2v) is 4.74. The van der Waals surface area contributed by atoms with Crippen molar-refractivity contribution in [3.05, 3.63) is 58.3 Å². The van der Waals surface area contributed by atoms with Crippen molar-refractivity contribution < 1.29 is 4.79 Å². The molecule has 0 aliphatic carbocycles. The lowest BCUT2D eigenvalue weighted by molar-refractivity contribution is 0.102. The fourth-order valence-corrected chi connectivity index (χ4v) is 2.03. The van der Waals surface area contributed by atoms with Gasteiger partial charge in [-0.05, 0) is 45.8 Å². The Labute approximate surface area is 118 Å². The summed E-state index contributed by atoms with van der Waals surface area (Å²) in [4.78, 5) is 16.0. The Hall–Kier alpha value is -1.39. The van der Waals surface area contributed by atoms with Crippen LogP contribution in [-0.4, -0.2) is 10.9 Å². The van der Waals surface area contributed by atoms with Gasteiger partial charge in [-0.25, -0.2) is 4.98 Å². The summed E-state index contributed by atoms with van der Waals surface area (Å²) in [6.45, 7) is 0. The Balaban J connectivity index is 2.14. The summed E-state index contributed by atoms with van der Waals surface area (Å²) >= 11 is 8.99. The van der Waals surface area contributed by atoms with E-state index in [1.165, 1.54) is 0 Å². The predicted molar refractivity (Wildman–Crippen MR) is 75.9 cm³/mol. The highest BCUT2D eigenvalue weighted by Crippen LogP contribution is 2.16. The van der Waals surface area contributed by atoms with Crippen LogP contribution in [0.2, 0.25) is 0 Å². The van der Waals surface area contributed by atoms with Gasteiger partial charge in [-0.3, -0.25) is 4.79 Å². The molecule has 2 aromatic rings. The number of amides is 1. The SMILES string of the molecule is O=C(Nc1ccc(CCl)cc1)c1ncccc1Br. The van der Waals surface area contributed by atoms with Crippen LogP contribution < -0.4 is 5.32 Å². The van der Waals surface area contributed by atoms with E-state index in [-0.39, 0.29) is 5.91 Å². The average molecular weight is 326 g/mol. The lowest BCUT2D eigenvalue weighted by Gasteiger charge is -2.06. The Morgan fingerprint density at radius 1 is 1.28 bits per heavy atom. The zero-order valence-electron chi connectivity index (χ0n) is 9.36. The van der Waals surface area contributed by atoms with Gasteiger partial charge in [-0.15, -0.1) is 11.6 Å². The zero-order valence-corrected chi connectivity index (χ0v) is 11.7. The standard InChI is InChI=1S/C13H10BrClN2O/c14-11-2-1-7-16-12(11)13(18)17-10-5-3-9(8-15)4-6-10/h1-7H,8H2,(H,17,18). The van der Waals surface area contributed by atoms with E-state index in [0.717, 1.165) is 5.56 Å². The molecule has 0 aliphatic heterocycles. The van der Waals surface area contributed by atoms with Gasteiger partial charge in [-0.2, -0.15) is 0 Å². The first-order chi connectivity index (χ1) is 8.70. The van der Waals surface area contributed by atoms with E-state index in [0.29, 0.717) is 21.7 Å². The van der Waals surface area contributed by atoms with Crippen LogP contribution in [-0.2, 0) is 5.88 Å². The average Bonchev–Trinajstić information content (AvgIpc) is 2.40. The molecule has 0 fully saturated rings. The number of anilines is 1. The summed E-state index contributed by atoms with van der Waals surface area (Å²) in [5, 5.41) is 2.78. The highest BCUT2D eigenvalue weighted by Gasteiger charge is 2.10. The van der Waals surface area contributed by atoms with Crippen molar-refractivity contribution in [2.45, 2.75) is 5.88 Å². The highest BCUT2D eigenvalue weighted by molar-refractivity contribution is 9.10. The number of carbonyl (C=O) groups excluding carboxylic acids is 1. The van der Waals surface area contributed by atoms with E-state index >= 15 is 0 Å². The lowest BCUT2D eigenvalue weighted by atomic mass is 10.2. The molecular weight excluding hydrogens is 316 g/mol. The number of aromatic nitrogens is 1. The van der Waals surface area contributed by atoms with Gasteiger partial charge in [0, 0.05) is 22.2 Å². The van der Waals surface area contributed by atoms with Crippen LogP contribution in [0.5, 0.6) is 0 Å². The summed E-state index contributed by atoms with van der Waals surface area (Å²) in [6, 6.07) is 10.9. The van der Waals surface area contributed by atoms with Crippen LogP contribution in [0.1, 0.15) is 16.1 Å². The van der Waals surface area contributed by atoms with E-state index in [2.05, 4.69) is 26.2 Å². The van der Waals surface area contributed by atoms with Crippen molar-refractivity contribution in [1.29, 1.82) is 0 Å². The second-order valence-electron chi connectivity index (χ2n) is 3.62. The number of alkyl halides is 1. The van der Waals surface area contributed by atoms with Gasteiger partial charge in [0.25, 0.3) is 5.91 Å². The maximum atomic E-state index is 12.0. The number of hydrogen-bond donors (Lipinski definition) is 1. The minimum absolute atomic E-state index is 0.249. The third kappa shape index (κ3) is 3.09. The van der Waals surface area contributed by atoms with Gasteiger partial charge in [0.2, 0.25) is 0 Å². The normalized spacial score (nSPS) is 10.1. The number of nitrogens with zero attached hydrogens (tertiary/aromatic N) is 1. The van der Waals surface area contributed by atoms with Crippen LogP contribution in [0.3, 0.4) is 0 Å². The van der Waals surface area contributed by atoms with Gasteiger partial charge in [0.05, 0.1) is 0 Å². The third-order valence-electron chi connectivity index (χ3n) is 2.34. The largest absolute Gasteiger partial charge is 0.321 e. The Morgan fingerprint density at radius 3 is 2.61 bits per heavy atom. The quantitative estimate of drug-likeness (QED) is 0.871. The third-order valence-corrected chi connectivity index (χ3v) is 3.29. The number of halogens is 2. The van der Waals surface area contributed by atoms with E-state index in [1.807, 2.05) is 24.3 Å². The summed E-state index contributed by atoms with van der Waals surface area (Å²) in [6.07, 6.45) is 1.58. The molecule has 2 rings (SSSR count). The summed E-state index contributed by atoms with van der Waals surface area (Å²) in [5.74, 6) is 0.209.